The summed E-state index contributed by atoms with van der Waals surface area (Å²) in [4.78, 5) is 2.59. The van der Waals surface area contributed by atoms with Gasteiger partial charge in [0.25, 0.3) is 0 Å². The molecule has 2 fully saturated rings. The van der Waals surface area contributed by atoms with Crippen molar-refractivity contribution in [1.29, 1.82) is 0 Å². The van der Waals surface area contributed by atoms with E-state index >= 15 is 0 Å². The Hall–Kier alpha value is 0.270. The average molecular weight is 257 g/mol. The molecule has 1 N–H and O–H groups in total. The van der Waals surface area contributed by atoms with Crippen molar-refractivity contribution in [3.63, 3.8) is 0 Å². The van der Waals surface area contributed by atoms with Crippen LogP contribution in [-0.4, -0.2) is 46.7 Å². The largest absolute Gasteiger partial charge is 0.393 e. The van der Waals surface area contributed by atoms with Gasteiger partial charge in [0.05, 0.1) is 6.10 Å². The summed E-state index contributed by atoms with van der Waals surface area (Å²) in [6.45, 7) is 8.21. The lowest BCUT2D eigenvalue weighted by Crippen LogP contribution is -2.44. The maximum absolute atomic E-state index is 10.1. The van der Waals surface area contributed by atoms with E-state index in [0.717, 1.165) is 24.1 Å². The van der Waals surface area contributed by atoms with E-state index in [0.29, 0.717) is 5.92 Å². The normalized spacial score (nSPS) is 40.4. The van der Waals surface area contributed by atoms with Gasteiger partial charge in [0, 0.05) is 30.6 Å². The Balaban J connectivity index is 1.82. The Morgan fingerprint density at radius 1 is 1.35 bits per heavy atom. The van der Waals surface area contributed by atoms with Crippen LogP contribution in [0.1, 0.15) is 39.5 Å². The minimum Gasteiger partial charge on any atom is -0.393 e. The maximum Gasteiger partial charge on any atom is 0.0580 e. The summed E-state index contributed by atoms with van der Waals surface area (Å²) >= 11 is 2.13. The molecule has 1 aliphatic carbocycles. The van der Waals surface area contributed by atoms with Crippen LogP contribution in [0, 0.1) is 11.8 Å². The molecule has 1 saturated carbocycles. The number of thioether (sulfide) groups is 1. The fourth-order valence-electron chi connectivity index (χ4n) is 3.20. The molecule has 4 unspecified atom stereocenters. The molecule has 17 heavy (non-hydrogen) atoms. The molecule has 3 heteroatoms. The standard InChI is InChI=1S/C14H27NOS/c1-3-13-10-15(6-7-17-13)9-12-8-11(2)4-5-14(12)16/h11-14,16H,3-10H2,1-2H3. The molecular formula is C14H27NOS. The van der Waals surface area contributed by atoms with Gasteiger partial charge >= 0.3 is 0 Å². The van der Waals surface area contributed by atoms with Gasteiger partial charge in [-0.1, -0.05) is 13.8 Å². The lowest BCUT2D eigenvalue weighted by Gasteiger charge is -2.38. The molecule has 4 atom stereocenters. The van der Waals surface area contributed by atoms with Crippen molar-refractivity contribution < 1.29 is 5.11 Å². The van der Waals surface area contributed by atoms with Crippen molar-refractivity contribution >= 4 is 11.8 Å². The highest BCUT2D eigenvalue weighted by Crippen LogP contribution is 2.31. The number of aliphatic hydroxyl groups excluding tert-OH is 1. The second-order valence-corrected chi connectivity index (χ2v) is 7.31. The van der Waals surface area contributed by atoms with E-state index < -0.39 is 0 Å². The first-order chi connectivity index (χ1) is 8.19. The van der Waals surface area contributed by atoms with Crippen LogP contribution in [0.4, 0.5) is 0 Å². The number of aliphatic hydroxyl groups is 1. The number of hydrogen-bond donors (Lipinski definition) is 1. The smallest absolute Gasteiger partial charge is 0.0580 e. The van der Waals surface area contributed by atoms with Crippen LogP contribution in [0.3, 0.4) is 0 Å². The second-order valence-electron chi connectivity index (χ2n) is 5.91. The van der Waals surface area contributed by atoms with Crippen LogP contribution in [0.5, 0.6) is 0 Å². The van der Waals surface area contributed by atoms with Gasteiger partial charge in [0.1, 0.15) is 0 Å². The third-order valence-electron chi connectivity index (χ3n) is 4.38. The highest BCUT2D eigenvalue weighted by Gasteiger charge is 2.30. The molecule has 0 aromatic rings. The molecule has 1 saturated heterocycles. The first-order valence-corrected chi connectivity index (χ1v) is 8.26. The molecule has 2 rings (SSSR count). The van der Waals surface area contributed by atoms with Crippen LogP contribution in [0.2, 0.25) is 0 Å². The Morgan fingerprint density at radius 2 is 2.18 bits per heavy atom. The fourth-order valence-corrected chi connectivity index (χ4v) is 4.45. The van der Waals surface area contributed by atoms with Gasteiger partial charge < -0.3 is 10.0 Å². The SMILES string of the molecule is CCC1CN(CC2CC(C)CCC2O)CCS1. The molecule has 100 valence electrons. The van der Waals surface area contributed by atoms with Crippen LogP contribution in [-0.2, 0) is 0 Å². The van der Waals surface area contributed by atoms with Crippen molar-refractivity contribution in [2.75, 3.05) is 25.4 Å². The molecule has 1 heterocycles. The molecule has 0 spiro atoms. The lowest BCUT2D eigenvalue weighted by atomic mass is 9.80. The number of hydrogen-bond acceptors (Lipinski definition) is 3. The van der Waals surface area contributed by atoms with E-state index in [1.54, 1.807) is 0 Å². The first-order valence-electron chi connectivity index (χ1n) is 7.21. The fraction of sp³-hybridized carbons (Fsp3) is 1.00. The molecule has 0 aromatic carbocycles. The van der Waals surface area contributed by atoms with Crippen LogP contribution >= 0.6 is 11.8 Å². The van der Waals surface area contributed by atoms with Gasteiger partial charge in [-0.2, -0.15) is 11.8 Å². The van der Waals surface area contributed by atoms with E-state index in [-0.39, 0.29) is 6.10 Å². The summed E-state index contributed by atoms with van der Waals surface area (Å²) in [5.41, 5.74) is 0. The Kier molecular flexibility index (Phi) is 5.19. The third-order valence-corrected chi connectivity index (χ3v) is 5.75. The summed E-state index contributed by atoms with van der Waals surface area (Å²) in [6, 6.07) is 0. The van der Waals surface area contributed by atoms with E-state index in [2.05, 4.69) is 30.5 Å². The van der Waals surface area contributed by atoms with Crippen LogP contribution < -0.4 is 0 Å². The van der Waals surface area contributed by atoms with Gasteiger partial charge in [-0.15, -0.1) is 0 Å². The summed E-state index contributed by atoms with van der Waals surface area (Å²) in [5.74, 6) is 2.61. The summed E-state index contributed by atoms with van der Waals surface area (Å²) in [6.07, 6.45) is 4.70. The van der Waals surface area contributed by atoms with E-state index in [4.69, 9.17) is 0 Å². The number of nitrogens with zero attached hydrogens (tertiary/aromatic N) is 1. The zero-order valence-corrected chi connectivity index (χ0v) is 12.1. The van der Waals surface area contributed by atoms with Crippen molar-refractivity contribution in [2.45, 2.75) is 50.9 Å². The second kappa shape index (κ2) is 6.44. The average Bonchev–Trinajstić information content (AvgIpc) is 2.34. The Labute approximate surface area is 110 Å². The van der Waals surface area contributed by atoms with Gasteiger partial charge in [0.15, 0.2) is 0 Å². The molecule has 1 aliphatic heterocycles. The van der Waals surface area contributed by atoms with Gasteiger partial charge in [0.2, 0.25) is 0 Å². The van der Waals surface area contributed by atoms with E-state index in [9.17, 15) is 5.11 Å². The van der Waals surface area contributed by atoms with Gasteiger partial charge in [-0.25, -0.2) is 0 Å². The third kappa shape index (κ3) is 3.87. The molecule has 2 aliphatic rings. The summed E-state index contributed by atoms with van der Waals surface area (Å²) < 4.78 is 0. The van der Waals surface area contributed by atoms with E-state index in [1.807, 2.05) is 0 Å². The molecule has 0 amide bonds. The van der Waals surface area contributed by atoms with E-state index in [1.165, 1.54) is 38.1 Å². The zero-order chi connectivity index (χ0) is 12.3. The summed E-state index contributed by atoms with van der Waals surface area (Å²) in [7, 11) is 0. The molecular weight excluding hydrogens is 230 g/mol. The predicted octanol–water partition coefficient (Wildman–Crippen LogP) is 2.61. The van der Waals surface area contributed by atoms with Crippen molar-refractivity contribution in [3.8, 4) is 0 Å². The molecule has 2 nitrogen and oxygen atoms in total. The van der Waals surface area contributed by atoms with Crippen molar-refractivity contribution in [3.05, 3.63) is 0 Å². The van der Waals surface area contributed by atoms with Gasteiger partial charge in [-0.3, -0.25) is 0 Å². The highest BCUT2D eigenvalue weighted by atomic mass is 32.2. The quantitative estimate of drug-likeness (QED) is 0.841. The van der Waals surface area contributed by atoms with Crippen LogP contribution in [0.25, 0.3) is 0 Å². The van der Waals surface area contributed by atoms with Crippen molar-refractivity contribution in [1.82, 2.24) is 4.90 Å². The lowest BCUT2D eigenvalue weighted by molar-refractivity contribution is 0.0311. The highest BCUT2D eigenvalue weighted by molar-refractivity contribution is 8.00. The Bertz CT molecular complexity index is 236. The zero-order valence-electron chi connectivity index (χ0n) is 11.3. The minimum absolute atomic E-state index is 0.0409. The summed E-state index contributed by atoms with van der Waals surface area (Å²) in [5, 5.41) is 10.9. The first kappa shape index (κ1) is 13.7. The van der Waals surface area contributed by atoms with Crippen molar-refractivity contribution in [2.24, 2.45) is 11.8 Å². The molecule has 0 aromatic heterocycles. The Morgan fingerprint density at radius 3 is 2.94 bits per heavy atom. The topological polar surface area (TPSA) is 23.5 Å². The molecule has 0 radical (unpaired) electrons. The van der Waals surface area contributed by atoms with Gasteiger partial charge in [-0.05, 0) is 37.5 Å². The number of rotatable bonds is 3. The minimum atomic E-state index is -0.0409. The maximum atomic E-state index is 10.1. The van der Waals surface area contributed by atoms with Crippen LogP contribution in [0.15, 0.2) is 0 Å². The molecule has 0 bridgehead atoms. The predicted molar refractivity (Wildman–Crippen MR) is 75.5 cm³/mol. The monoisotopic (exact) mass is 257 g/mol.